The van der Waals surface area contributed by atoms with E-state index >= 15 is 0 Å². The Balaban J connectivity index is 1.45. The Labute approximate surface area is 170 Å². The molecule has 154 valence electrons. The molecule has 0 unspecified atom stereocenters. The zero-order chi connectivity index (χ0) is 20.3. The fourth-order valence-electron chi connectivity index (χ4n) is 3.44. The third-order valence-electron chi connectivity index (χ3n) is 4.88. The van der Waals surface area contributed by atoms with E-state index in [2.05, 4.69) is 5.32 Å². The number of morpholine rings is 1. The quantitative estimate of drug-likeness (QED) is 0.794. The number of hydrogen-bond donors (Lipinski definition) is 1. The smallest absolute Gasteiger partial charge is 0.243 e. The van der Waals surface area contributed by atoms with Crippen molar-refractivity contribution < 1.29 is 22.7 Å². The molecule has 0 aliphatic carbocycles. The van der Waals surface area contributed by atoms with Crippen LogP contribution in [-0.2, 0) is 19.6 Å². The van der Waals surface area contributed by atoms with Crippen LogP contribution in [0.2, 0.25) is 0 Å². The summed E-state index contributed by atoms with van der Waals surface area (Å²) in [4.78, 5) is 14.7. The van der Waals surface area contributed by atoms with E-state index < -0.39 is 10.0 Å². The topological polar surface area (TPSA) is 88.2 Å². The predicted octanol–water partition coefficient (Wildman–Crippen LogP) is 1.54. The van der Waals surface area contributed by atoms with Gasteiger partial charge in [0.05, 0.1) is 36.9 Å². The summed E-state index contributed by atoms with van der Waals surface area (Å²) in [7, 11) is -3.61. The number of hydrogen-bond acceptors (Lipinski definition) is 6. The standard InChI is InChI=1S/C20H23N3O5S/c24-20(15-22-8-13-28-19-7-2-1-6-18(19)22)21-16-4-3-5-17(14-16)29(25,26)23-9-11-27-12-10-23/h1-7,14H,8-13,15H2,(H,21,24). The third kappa shape index (κ3) is 4.36. The first-order valence-corrected chi connectivity index (χ1v) is 10.9. The van der Waals surface area contributed by atoms with Crippen LogP contribution >= 0.6 is 0 Å². The van der Waals surface area contributed by atoms with E-state index in [0.717, 1.165) is 11.4 Å². The van der Waals surface area contributed by atoms with E-state index in [0.29, 0.717) is 45.1 Å². The molecule has 2 aliphatic heterocycles. The average molecular weight is 417 g/mol. The molecule has 0 spiro atoms. The van der Waals surface area contributed by atoms with Gasteiger partial charge in [0, 0.05) is 18.8 Å². The molecule has 0 aromatic heterocycles. The molecule has 1 amide bonds. The van der Waals surface area contributed by atoms with Gasteiger partial charge in [0.1, 0.15) is 12.4 Å². The minimum absolute atomic E-state index is 0.154. The lowest BCUT2D eigenvalue weighted by molar-refractivity contribution is -0.115. The predicted molar refractivity (Wildman–Crippen MR) is 109 cm³/mol. The normalized spacial score (nSPS) is 17.3. The maximum Gasteiger partial charge on any atom is 0.243 e. The van der Waals surface area contributed by atoms with Crippen molar-refractivity contribution in [1.82, 2.24) is 4.31 Å². The van der Waals surface area contributed by atoms with Crippen molar-refractivity contribution in [2.45, 2.75) is 4.90 Å². The number of nitrogens with zero attached hydrogens (tertiary/aromatic N) is 2. The van der Waals surface area contributed by atoms with E-state index in [4.69, 9.17) is 9.47 Å². The Morgan fingerprint density at radius 2 is 1.79 bits per heavy atom. The first kappa shape index (κ1) is 19.7. The number of para-hydroxylation sites is 2. The van der Waals surface area contributed by atoms with Gasteiger partial charge >= 0.3 is 0 Å². The van der Waals surface area contributed by atoms with Crippen LogP contribution in [0.25, 0.3) is 0 Å². The lowest BCUT2D eigenvalue weighted by Gasteiger charge is -2.30. The van der Waals surface area contributed by atoms with Crippen molar-refractivity contribution in [2.75, 3.05) is 56.2 Å². The van der Waals surface area contributed by atoms with E-state index in [-0.39, 0.29) is 17.3 Å². The summed E-state index contributed by atoms with van der Waals surface area (Å²) in [5.41, 5.74) is 1.32. The molecule has 4 rings (SSSR count). The highest BCUT2D eigenvalue weighted by Gasteiger charge is 2.26. The summed E-state index contributed by atoms with van der Waals surface area (Å²) in [5.74, 6) is 0.535. The molecule has 1 saturated heterocycles. The fraction of sp³-hybridized carbons (Fsp3) is 0.350. The second-order valence-corrected chi connectivity index (χ2v) is 8.77. The van der Waals surface area contributed by atoms with E-state index in [1.165, 1.54) is 10.4 Å². The zero-order valence-corrected chi connectivity index (χ0v) is 16.7. The van der Waals surface area contributed by atoms with Gasteiger partial charge in [-0.1, -0.05) is 18.2 Å². The second-order valence-electron chi connectivity index (χ2n) is 6.83. The maximum absolute atomic E-state index is 12.8. The van der Waals surface area contributed by atoms with Gasteiger partial charge < -0.3 is 19.7 Å². The highest BCUT2D eigenvalue weighted by molar-refractivity contribution is 7.89. The molecular weight excluding hydrogens is 394 g/mol. The number of sulfonamides is 1. The molecular formula is C20H23N3O5S. The van der Waals surface area contributed by atoms with Crippen LogP contribution in [0.3, 0.4) is 0 Å². The van der Waals surface area contributed by atoms with Crippen LogP contribution in [0, 0.1) is 0 Å². The fourth-order valence-corrected chi connectivity index (χ4v) is 4.89. The summed E-state index contributed by atoms with van der Waals surface area (Å²) in [6.07, 6.45) is 0. The van der Waals surface area contributed by atoms with Gasteiger partial charge in [0.15, 0.2) is 0 Å². The average Bonchev–Trinajstić information content (AvgIpc) is 2.75. The zero-order valence-electron chi connectivity index (χ0n) is 15.9. The number of benzene rings is 2. The first-order valence-electron chi connectivity index (χ1n) is 9.49. The number of carbonyl (C=O) groups excluding carboxylic acids is 1. The van der Waals surface area contributed by atoms with Crippen LogP contribution in [-0.4, -0.2) is 64.6 Å². The largest absolute Gasteiger partial charge is 0.490 e. The van der Waals surface area contributed by atoms with Gasteiger partial charge in [-0.25, -0.2) is 8.42 Å². The van der Waals surface area contributed by atoms with Crippen molar-refractivity contribution >= 4 is 27.3 Å². The summed E-state index contributed by atoms with van der Waals surface area (Å²) in [6.45, 7) is 2.70. The molecule has 0 atom stereocenters. The highest BCUT2D eigenvalue weighted by atomic mass is 32.2. The summed E-state index contributed by atoms with van der Waals surface area (Å²) < 4.78 is 37.9. The van der Waals surface area contributed by atoms with Crippen LogP contribution < -0.4 is 15.0 Å². The molecule has 29 heavy (non-hydrogen) atoms. The molecule has 2 heterocycles. The van der Waals surface area contributed by atoms with Crippen molar-refractivity contribution in [3.8, 4) is 5.75 Å². The minimum atomic E-state index is -3.61. The van der Waals surface area contributed by atoms with Crippen molar-refractivity contribution in [3.05, 3.63) is 48.5 Å². The third-order valence-corrected chi connectivity index (χ3v) is 6.78. The molecule has 0 radical (unpaired) electrons. The van der Waals surface area contributed by atoms with Crippen LogP contribution in [0.1, 0.15) is 0 Å². The molecule has 2 aromatic carbocycles. The first-order chi connectivity index (χ1) is 14.0. The van der Waals surface area contributed by atoms with Gasteiger partial charge in [-0.15, -0.1) is 0 Å². The number of anilines is 2. The van der Waals surface area contributed by atoms with Gasteiger partial charge in [-0.3, -0.25) is 4.79 Å². The Hall–Kier alpha value is -2.62. The maximum atomic E-state index is 12.8. The van der Waals surface area contributed by atoms with Crippen LogP contribution in [0.5, 0.6) is 5.75 Å². The molecule has 0 bridgehead atoms. The Morgan fingerprint density at radius 3 is 2.62 bits per heavy atom. The number of rotatable bonds is 5. The number of carbonyl (C=O) groups is 1. The van der Waals surface area contributed by atoms with E-state index in [1.807, 2.05) is 29.2 Å². The van der Waals surface area contributed by atoms with Gasteiger partial charge in [0.2, 0.25) is 15.9 Å². The van der Waals surface area contributed by atoms with Crippen LogP contribution in [0.4, 0.5) is 11.4 Å². The molecule has 0 saturated carbocycles. The van der Waals surface area contributed by atoms with Crippen LogP contribution in [0.15, 0.2) is 53.4 Å². The summed E-state index contributed by atoms with van der Waals surface area (Å²) >= 11 is 0. The summed E-state index contributed by atoms with van der Waals surface area (Å²) in [5, 5.41) is 2.81. The minimum Gasteiger partial charge on any atom is -0.490 e. The molecule has 2 aliphatic rings. The molecule has 8 nitrogen and oxygen atoms in total. The monoisotopic (exact) mass is 417 g/mol. The number of ether oxygens (including phenoxy) is 2. The van der Waals surface area contributed by atoms with Gasteiger partial charge in [-0.2, -0.15) is 4.31 Å². The van der Waals surface area contributed by atoms with Crippen molar-refractivity contribution in [2.24, 2.45) is 0 Å². The number of fused-ring (bicyclic) bond motifs is 1. The van der Waals surface area contributed by atoms with E-state index in [1.54, 1.807) is 18.2 Å². The second kappa shape index (κ2) is 8.40. The lowest BCUT2D eigenvalue weighted by atomic mass is 10.2. The Bertz CT molecular complexity index is 989. The SMILES string of the molecule is O=C(CN1CCOc2ccccc21)Nc1cccc(S(=O)(=O)N2CCOCC2)c1. The molecule has 9 heteroatoms. The molecule has 2 aromatic rings. The van der Waals surface area contributed by atoms with Gasteiger partial charge in [0.25, 0.3) is 0 Å². The lowest BCUT2D eigenvalue weighted by Crippen LogP contribution is -2.40. The van der Waals surface area contributed by atoms with Crippen molar-refractivity contribution in [1.29, 1.82) is 0 Å². The Morgan fingerprint density at radius 1 is 1.00 bits per heavy atom. The number of nitrogens with one attached hydrogen (secondary N) is 1. The van der Waals surface area contributed by atoms with E-state index in [9.17, 15) is 13.2 Å². The molecule has 1 fully saturated rings. The molecule has 1 N–H and O–H groups in total. The highest BCUT2D eigenvalue weighted by Crippen LogP contribution is 2.30. The number of amides is 1. The van der Waals surface area contributed by atoms with Crippen molar-refractivity contribution in [3.63, 3.8) is 0 Å². The summed E-state index contributed by atoms with van der Waals surface area (Å²) in [6, 6.07) is 13.9. The Kier molecular flexibility index (Phi) is 5.70. The van der Waals surface area contributed by atoms with Gasteiger partial charge in [-0.05, 0) is 30.3 Å².